The SMILES string of the molecule is CCC[CH]C1CCN(C(C)=O)CC1. The van der Waals surface area contributed by atoms with Crippen molar-refractivity contribution in [3.05, 3.63) is 6.42 Å². The first-order valence-electron chi connectivity index (χ1n) is 5.33. The first-order valence-corrected chi connectivity index (χ1v) is 5.33. The van der Waals surface area contributed by atoms with E-state index in [1.165, 1.54) is 25.7 Å². The summed E-state index contributed by atoms with van der Waals surface area (Å²) in [5.41, 5.74) is 0. The van der Waals surface area contributed by atoms with Gasteiger partial charge in [-0.1, -0.05) is 19.8 Å². The summed E-state index contributed by atoms with van der Waals surface area (Å²) in [5, 5.41) is 0. The molecule has 0 bridgehead atoms. The molecule has 0 aromatic carbocycles. The van der Waals surface area contributed by atoms with Gasteiger partial charge < -0.3 is 4.90 Å². The zero-order valence-electron chi connectivity index (χ0n) is 8.75. The number of hydrogen-bond acceptors (Lipinski definition) is 1. The fraction of sp³-hybridized carbons (Fsp3) is 0.818. The Labute approximate surface area is 81.3 Å². The number of unbranched alkanes of at least 4 members (excludes halogenated alkanes) is 1. The van der Waals surface area contributed by atoms with Crippen molar-refractivity contribution in [1.82, 2.24) is 4.90 Å². The second-order valence-corrected chi connectivity index (χ2v) is 3.87. The lowest BCUT2D eigenvalue weighted by molar-refractivity contribution is -0.130. The molecule has 1 aliphatic heterocycles. The maximum atomic E-state index is 11.0. The quantitative estimate of drug-likeness (QED) is 0.655. The van der Waals surface area contributed by atoms with Crippen molar-refractivity contribution in [3.63, 3.8) is 0 Å². The standard InChI is InChI=1S/C11H20NO/c1-3-4-5-11-6-8-12(9-7-11)10(2)13/h5,11H,3-4,6-9H2,1-2H3. The number of carbonyl (C=O) groups is 1. The van der Waals surface area contributed by atoms with Crippen LogP contribution in [-0.4, -0.2) is 23.9 Å². The predicted molar refractivity (Wildman–Crippen MR) is 54.2 cm³/mol. The number of carbonyl (C=O) groups excluding carboxylic acids is 1. The largest absolute Gasteiger partial charge is 0.343 e. The third-order valence-corrected chi connectivity index (χ3v) is 2.77. The van der Waals surface area contributed by atoms with E-state index >= 15 is 0 Å². The number of rotatable bonds is 3. The second kappa shape index (κ2) is 5.25. The van der Waals surface area contributed by atoms with Crippen molar-refractivity contribution in [1.29, 1.82) is 0 Å². The number of nitrogens with zero attached hydrogens (tertiary/aromatic N) is 1. The molecule has 13 heavy (non-hydrogen) atoms. The Kier molecular flexibility index (Phi) is 4.26. The minimum atomic E-state index is 0.231. The van der Waals surface area contributed by atoms with Gasteiger partial charge >= 0.3 is 0 Å². The van der Waals surface area contributed by atoms with Crippen LogP contribution in [0.5, 0.6) is 0 Å². The van der Waals surface area contributed by atoms with Gasteiger partial charge in [0, 0.05) is 20.0 Å². The topological polar surface area (TPSA) is 20.3 Å². The Balaban J connectivity index is 2.18. The molecule has 1 fully saturated rings. The summed E-state index contributed by atoms with van der Waals surface area (Å²) in [5.74, 6) is 0.990. The number of amides is 1. The number of likely N-dealkylation sites (tertiary alicyclic amines) is 1. The third-order valence-electron chi connectivity index (χ3n) is 2.77. The molecule has 0 unspecified atom stereocenters. The Hall–Kier alpha value is -0.530. The van der Waals surface area contributed by atoms with Crippen LogP contribution in [0.2, 0.25) is 0 Å². The minimum absolute atomic E-state index is 0.231. The highest BCUT2D eigenvalue weighted by atomic mass is 16.2. The summed E-state index contributed by atoms with van der Waals surface area (Å²) in [4.78, 5) is 13.0. The van der Waals surface area contributed by atoms with Crippen molar-refractivity contribution >= 4 is 5.91 Å². The van der Waals surface area contributed by atoms with E-state index in [0.29, 0.717) is 0 Å². The van der Waals surface area contributed by atoms with Gasteiger partial charge in [0.1, 0.15) is 0 Å². The summed E-state index contributed by atoms with van der Waals surface area (Å²) < 4.78 is 0. The maximum Gasteiger partial charge on any atom is 0.219 e. The van der Waals surface area contributed by atoms with Crippen LogP contribution in [0, 0.1) is 12.3 Å². The highest BCUT2D eigenvalue weighted by molar-refractivity contribution is 5.73. The van der Waals surface area contributed by atoms with E-state index in [0.717, 1.165) is 19.0 Å². The molecule has 0 saturated carbocycles. The molecule has 1 rings (SSSR count). The Bertz CT molecular complexity index is 159. The second-order valence-electron chi connectivity index (χ2n) is 3.87. The summed E-state index contributed by atoms with van der Waals surface area (Å²) in [6.45, 7) is 5.79. The van der Waals surface area contributed by atoms with Crippen molar-refractivity contribution in [3.8, 4) is 0 Å². The molecule has 1 saturated heterocycles. The van der Waals surface area contributed by atoms with Crippen LogP contribution in [0.3, 0.4) is 0 Å². The van der Waals surface area contributed by atoms with Crippen molar-refractivity contribution in [2.24, 2.45) is 5.92 Å². The summed E-state index contributed by atoms with van der Waals surface area (Å²) in [7, 11) is 0. The van der Waals surface area contributed by atoms with Crippen LogP contribution in [0.1, 0.15) is 39.5 Å². The molecule has 0 aliphatic carbocycles. The molecular formula is C11H20NO. The molecule has 1 aliphatic rings. The average Bonchev–Trinajstić information content (AvgIpc) is 2.15. The highest BCUT2D eigenvalue weighted by Crippen LogP contribution is 2.21. The van der Waals surface area contributed by atoms with Gasteiger partial charge in [-0.25, -0.2) is 0 Å². The van der Waals surface area contributed by atoms with Crippen molar-refractivity contribution < 1.29 is 4.79 Å². The molecule has 2 heteroatoms. The summed E-state index contributed by atoms with van der Waals surface area (Å²) in [6, 6.07) is 0. The molecule has 1 amide bonds. The molecule has 0 atom stereocenters. The summed E-state index contributed by atoms with van der Waals surface area (Å²) in [6.07, 6.45) is 7.23. The third kappa shape index (κ3) is 3.37. The number of hydrogen-bond donors (Lipinski definition) is 0. The van der Waals surface area contributed by atoms with Gasteiger partial charge in [0.05, 0.1) is 0 Å². The van der Waals surface area contributed by atoms with Crippen LogP contribution in [0.4, 0.5) is 0 Å². The molecule has 0 aromatic rings. The highest BCUT2D eigenvalue weighted by Gasteiger charge is 2.19. The lowest BCUT2D eigenvalue weighted by Crippen LogP contribution is -2.37. The lowest BCUT2D eigenvalue weighted by atomic mass is 9.92. The molecule has 1 heterocycles. The molecule has 0 aromatic heterocycles. The van der Waals surface area contributed by atoms with Gasteiger partial charge in [-0.3, -0.25) is 4.79 Å². The summed E-state index contributed by atoms with van der Waals surface area (Å²) >= 11 is 0. The first-order chi connectivity index (χ1) is 6.24. The Morgan fingerprint density at radius 1 is 1.46 bits per heavy atom. The maximum absolute atomic E-state index is 11.0. The van der Waals surface area contributed by atoms with Gasteiger partial charge in [0.15, 0.2) is 0 Å². The minimum Gasteiger partial charge on any atom is -0.343 e. The molecule has 75 valence electrons. The fourth-order valence-corrected chi connectivity index (χ4v) is 1.85. The van der Waals surface area contributed by atoms with Crippen LogP contribution < -0.4 is 0 Å². The molecule has 1 radical (unpaired) electrons. The molecular weight excluding hydrogens is 162 g/mol. The normalized spacial score (nSPS) is 19.1. The lowest BCUT2D eigenvalue weighted by Gasteiger charge is -2.31. The van der Waals surface area contributed by atoms with Crippen LogP contribution in [-0.2, 0) is 4.79 Å². The van der Waals surface area contributed by atoms with E-state index in [2.05, 4.69) is 13.3 Å². The van der Waals surface area contributed by atoms with Crippen LogP contribution in [0.25, 0.3) is 0 Å². The zero-order valence-corrected chi connectivity index (χ0v) is 8.75. The van der Waals surface area contributed by atoms with Gasteiger partial charge in [0.25, 0.3) is 0 Å². The Morgan fingerprint density at radius 2 is 2.08 bits per heavy atom. The smallest absolute Gasteiger partial charge is 0.219 e. The van der Waals surface area contributed by atoms with E-state index in [1.54, 1.807) is 6.92 Å². The molecule has 0 N–H and O–H groups in total. The van der Waals surface area contributed by atoms with Crippen LogP contribution in [0.15, 0.2) is 0 Å². The zero-order chi connectivity index (χ0) is 9.68. The van der Waals surface area contributed by atoms with Gasteiger partial charge in [-0.15, -0.1) is 0 Å². The van der Waals surface area contributed by atoms with Gasteiger partial charge in [0.2, 0.25) is 5.91 Å². The molecule has 2 nitrogen and oxygen atoms in total. The monoisotopic (exact) mass is 182 g/mol. The first kappa shape index (κ1) is 10.6. The Morgan fingerprint density at radius 3 is 2.54 bits per heavy atom. The van der Waals surface area contributed by atoms with E-state index in [4.69, 9.17) is 0 Å². The van der Waals surface area contributed by atoms with E-state index in [9.17, 15) is 4.79 Å². The number of piperidine rings is 1. The van der Waals surface area contributed by atoms with Gasteiger partial charge in [-0.2, -0.15) is 0 Å². The van der Waals surface area contributed by atoms with Crippen LogP contribution >= 0.6 is 0 Å². The predicted octanol–water partition coefficient (Wildman–Crippen LogP) is 2.25. The van der Waals surface area contributed by atoms with Crippen molar-refractivity contribution in [2.45, 2.75) is 39.5 Å². The van der Waals surface area contributed by atoms with Gasteiger partial charge in [-0.05, 0) is 25.2 Å². The molecule has 0 spiro atoms. The van der Waals surface area contributed by atoms with E-state index < -0.39 is 0 Å². The van der Waals surface area contributed by atoms with E-state index in [-0.39, 0.29) is 5.91 Å². The van der Waals surface area contributed by atoms with Crippen molar-refractivity contribution in [2.75, 3.05) is 13.1 Å². The fourth-order valence-electron chi connectivity index (χ4n) is 1.85. The van der Waals surface area contributed by atoms with E-state index in [1.807, 2.05) is 4.90 Å². The average molecular weight is 182 g/mol.